The van der Waals surface area contributed by atoms with Gasteiger partial charge >= 0.3 is 0 Å². The third kappa shape index (κ3) is 7.78. The predicted octanol–water partition coefficient (Wildman–Crippen LogP) is 5.38. The summed E-state index contributed by atoms with van der Waals surface area (Å²) in [5, 5.41) is 23.5. The number of rotatable bonds is 10. The molecule has 2 saturated heterocycles. The molecule has 2 aliphatic rings. The zero-order valence-electron chi connectivity index (χ0n) is 25.5. The number of piperazine rings is 1. The van der Waals surface area contributed by atoms with Gasteiger partial charge in [-0.1, -0.05) is 66.7 Å². The number of nitrogens with zero attached hydrogens (tertiary/aromatic N) is 3. The van der Waals surface area contributed by atoms with Crippen LogP contribution in [0.5, 0.6) is 0 Å². The van der Waals surface area contributed by atoms with E-state index in [1.54, 1.807) is 24.3 Å². The maximum Gasteiger partial charge on any atom is 0.269 e. The van der Waals surface area contributed by atoms with E-state index in [4.69, 9.17) is 9.47 Å². The van der Waals surface area contributed by atoms with E-state index in [-0.39, 0.29) is 35.3 Å². The van der Waals surface area contributed by atoms with Crippen molar-refractivity contribution in [1.29, 1.82) is 0 Å². The molecule has 2 fully saturated rings. The normalized spacial score (nSPS) is 20.3. The zero-order valence-corrected chi connectivity index (χ0v) is 25.5. The molecular formula is C36H38N4O6. The second-order valence-electron chi connectivity index (χ2n) is 11.7. The average Bonchev–Trinajstić information content (AvgIpc) is 3.11. The molecule has 10 heteroatoms. The van der Waals surface area contributed by atoms with Crippen LogP contribution in [-0.2, 0) is 22.6 Å². The van der Waals surface area contributed by atoms with Gasteiger partial charge in [0.1, 0.15) is 0 Å². The Kier molecular flexibility index (Phi) is 10.00. The molecule has 3 atom stereocenters. The number of aliphatic hydroxyl groups is 1. The van der Waals surface area contributed by atoms with Crippen molar-refractivity contribution in [3.63, 3.8) is 0 Å². The first kappa shape index (κ1) is 31.4. The Bertz CT molecular complexity index is 1590. The van der Waals surface area contributed by atoms with Crippen LogP contribution in [-0.4, -0.2) is 59.7 Å². The molecule has 0 bridgehead atoms. The summed E-state index contributed by atoms with van der Waals surface area (Å²) in [5.74, 6) is -0.116. The van der Waals surface area contributed by atoms with Crippen molar-refractivity contribution >= 4 is 17.3 Å². The molecule has 46 heavy (non-hydrogen) atoms. The summed E-state index contributed by atoms with van der Waals surface area (Å²) in [4.78, 5) is 27.8. The monoisotopic (exact) mass is 622 g/mol. The molecule has 238 valence electrons. The van der Waals surface area contributed by atoms with Gasteiger partial charge in [-0.15, -0.1) is 0 Å². The van der Waals surface area contributed by atoms with Crippen LogP contribution in [0.3, 0.4) is 0 Å². The van der Waals surface area contributed by atoms with Gasteiger partial charge in [0.05, 0.1) is 23.7 Å². The van der Waals surface area contributed by atoms with Crippen LogP contribution in [0.4, 0.5) is 11.4 Å². The highest BCUT2D eigenvalue weighted by molar-refractivity contribution is 5.94. The molecule has 0 radical (unpaired) electrons. The molecule has 4 aromatic rings. The number of carbonyl (C=O) groups excluding carboxylic acids is 1. The van der Waals surface area contributed by atoms with Crippen LogP contribution in [0, 0.1) is 10.1 Å². The maximum atomic E-state index is 12.5. The molecular weight excluding hydrogens is 584 g/mol. The first-order valence-corrected chi connectivity index (χ1v) is 15.6. The molecule has 0 unspecified atom stereocenters. The van der Waals surface area contributed by atoms with E-state index in [1.165, 1.54) is 0 Å². The van der Waals surface area contributed by atoms with Crippen molar-refractivity contribution in [2.45, 2.75) is 38.1 Å². The second kappa shape index (κ2) is 14.7. The van der Waals surface area contributed by atoms with Gasteiger partial charge in [0.2, 0.25) is 0 Å². The highest BCUT2D eigenvalue weighted by Gasteiger charge is 2.34. The molecule has 0 aliphatic carbocycles. The number of aliphatic hydroxyl groups excluding tert-OH is 1. The van der Waals surface area contributed by atoms with E-state index in [2.05, 4.69) is 15.1 Å². The topological polar surface area (TPSA) is 117 Å². The summed E-state index contributed by atoms with van der Waals surface area (Å²) in [6, 6.07) is 31.7. The fraction of sp³-hybridized carbons (Fsp3) is 0.306. The highest BCUT2D eigenvalue weighted by Crippen LogP contribution is 2.38. The van der Waals surface area contributed by atoms with Crippen LogP contribution in [0.25, 0.3) is 0 Å². The Morgan fingerprint density at radius 1 is 0.826 bits per heavy atom. The van der Waals surface area contributed by atoms with E-state index < -0.39 is 6.29 Å². The van der Waals surface area contributed by atoms with Gasteiger partial charge in [-0.05, 0) is 41.0 Å². The number of hydrogen-bond acceptors (Lipinski definition) is 8. The van der Waals surface area contributed by atoms with Gasteiger partial charge in [-0.25, -0.2) is 0 Å². The van der Waals surface area contributed by atoms with Crippen molar-refractivity contribution in [2.75, 3.05) is 37.6 Å². The van der Waals surface area contributed by atoms with E-state index in [0.717, 1.165) is 60.7 Å². The molecule has 4 aromatic carbocycles. The molecule has 2 heterocycles. The number of non-ortho nitro benzene ring substituents is 1. The first-order valence-electron chi connectivity index (χ1n) is 15.6. The van der Waals surface area contributed by atoms with E-state index in [0.29, 0.717) is 18.5 Å². The lowest BCUT2D eigenvalue weighted by Crippen LogP contribution is -2.49. The third-order valence-corrected chi connectivity index (χ3v) is 8.62. The summed E-state index contributed by atoms with van der Waals surface area (Å²) < 4.78 is 13.1. The summed E-state index contributed by atoms with van der Waals surface area (Å²) in [5.41, 5.74) is 5.48. The fourth-order valence-electron chi connectivity index (χ4n) is 5.96. The zero-order chi connectivity index (χ0) is 31.9. The lowest BCUT2D eigenvalue weighted by molar-refractivity contribution is -0.384. The second-order valence-corrected chi connectivity index (χ2v) is 11.7. The number of ether oxygens (including phenoxy) is 2. The number of nitrogens with one attached hydrogen (secondary N) is 1. The van der Waals surface area contributed by atoms with E-state index >= 15 is 0 Å². The third-order valence-electron chi connectivity index (χ3n) is 8.62. The number of nitro benzene ring substituents is 1. The van der Waals surface area contributed by atoms with Gasteiger partial charge < -0.3 is 24.8 Å². The van der Waals surface area contributed by atoms with Gasteiger partial charge in [-0.2, -0.15) is 0 Å². The first-order chi connectivity index (χ1) is 22.4. The van der Waals surface area contributed by atoms with Crippen LogP contribution < -0.4 is 10.2 Å². The highest BCUT2D eigenvalue weighted by atomic mass is 16.7. The summed E-state index contributed by atoms with van der Waals surface area (Å²) in [6.07, 6.45) is -0.114. The average molecular weight is 623 g/mol. The molecule has 2 N–H and O–H groups in total. The lowest BCUT2D eigenvalue weighted by Gasteiger charge is -2.41. The fourth-order valence-corrected chi connectivity index (χ4v) is 5.96. The van der Waals surface area contributed by atoms with Crippen molar-refractivity contribution in [3.05, 3.63) is 141 Å². The molecule has 2 aliphatic heterocycles. The number of nitro groups is 1. The van der Waals surface area contributed by atoms with Gasteiger partial charge in [0, 0.05) is 74.6 Å². The SMILES string of the molecule is O=C(NCc1ccc([C@H]2O[C@@H](CN3CCN(c4ccc([N+](=O)[O-])cc4)CC3)C[C@@H](c3ccc(CO)cc3)O2)cc1)c1ccccc1. The lowest BCUT2D eigenvalue weighted by atomic mass is 9.99. The Hall–Kier alpha value is -4.61. The van der Waals surface area contributed by atoms with Crippen molar-refractivity contribution < 1.29 is 24.3 Å². The molecule has 10 nitrogen and oxygen atoms in total. The van der Waals surface area contributed by atoms with Gasteiger partial charge in [0.15, 0.2) is 6.29 Å². The quantitative estimate of drug-likeness (QED) is 0.179. The smallest absolute Gasteiger partial charge is 0.269 e. The van der Waals surface area contributed by atoms with E-state index in [9.17, 15) is 20.0 Å². The summed E-state index contributed by atoms with van der Waals surface area (Å²) >= 11 is 0. The van der Waals surface area contributed by atoms with Crippen molar-refractivity contribution in [1.82, 2.24) is 10.2 Å². The minimum Gasteiger partial charge on any atom is -0.392 e. The standard InChI is InChI=1S/C36H38N4O6/c41-25-27-8-10-28(11-9-27)34-22-33(24-38-18-20-39(21-19-38)31-14-16-32(17-15-31)40(43)44)45-36(46-34)30-12-6-26(7-13-30)23-37-35(42)29-4-2-1-3-5-29/h1-17,33-34,36,41H,18-25H2,(H,37,42)/t33-,34+,36+/m1/s1. The number of anilines is 1. The summed E-state index contributed by atoms with van der Waals surface area (Å²) in [6.45, 7) is 4.49. The van der Waals surface area contributed by atoms with Crippen LogP contribution in [0.15, 0.2) is 103 Å². The molecule has 0 aromatic heterocycles. The molecule has 0 spiro atoms. The minimum absolute atomic E-state index is 0.00975. The Labute approximate surface area is 268 Å². The Morgan fingerprint density at radius 2 is 1.48 bits per heavy atom. The van der Waals surface area contributed by atoms with E-state index in [1.807, 2.05) is 78.9 Å². The van der Waals surface area contributed by atoms with Gasteiger partial charge in [-0.3, -0.25) is 19.8 Å². The Morgan fingerprint density at radius 3 is 2.13 bits per heavy atom. The van der Waals surface area contributed by atoms with Gasteiger partial charge in [0.25, 0.3) is 11.6 Å². The number of hydrogen-bond donors (Lipinski definition) is 2. The molecule has 0 saturated carbocycles. The van der Waals surface area contributed by atoms with Crippen molar-refractivity contribution in [3.8, 4) is 0 Å². The molecule has 6 rings (SSSR count). The molecule has 1 amide bonds. The van der Waals surface area contributed by atoms with Crippen LogP contribution in [0.1, 0.15) is 51.4 Å². The number of benzene rings is 4. The van der Waals surface area contributed by atoms with Crippen molar-refractivity contribution in [2.24, 2.45) is 0 Å². The maximum absolute atomic E-state index is 12.5. The van der Waals surface area contributed by atoms with Crippen LogP contribution >= 0.6 is 0 Å². The largest absolute Gasteiger partial charge is 0.392 e. The number of amides is 1. The summed E-state index contributed by atoms with van der Waals surface area (Å²) in [7, 11) is 0. The Balaban J connectivity index is 1.10. The minimum atomic E-state index is -0.560. The van der Waals surface area contributed by atoms with Crippen LogP contribution in [0.2, 0.25) is 0 Å². The number of carbonyl (C=O) groups is 1. The predicted molar refractivity (Wildman–Crippen MR) is 174 cm³/mol.